The first-order valence-corrected chi connectivity index (χ1v) is 10.4. The van der Waals surface area contributed by atoms with Gasteiger partial charge < -0.3 is 13.3 Å². The Morgan fingerprint density at radius 3 is 2.00 bits per heavy atom. The SMILES string of the molecule is CCC[Si](C)(OC)OC.CO[SiH2]CCCCl. The van der Waals surface area contributed by atoms with Crippen molar-refractivity contribution < 1.29 is 13.3 Å². The summed E-state index contributed by atoms with van der Waals surface area (Å²) >= 11 is 5.40. The number of hydrogen-bond acceptors (Lipinski definition) is 3. The quantitative estimate of drug-likeness (QED) is 0.390. The molecule has 0 N–H and O–H groups in total. The van der Waals surface area contributed by atoms with Crippen molar-refractivity contribution in [3.8, 4) is 0 Å². The molecular weight excluding hydrogens is 260 g/mol. The maximum atomic E-state index is 5.40. The first kappa shape index (κ1) is 19.0. The fourth-order valence-electron chi connectivity index (χ4n) is 1.08. The number of halogens is 1. The molecule has 100 valence electrons. The third-order valence-corrected chi connectivity index (χ3v) is 6.90. The van der Waals surface area contributed by atoms with Crippen LogP contribution in [0.5, 0.6) is 0 Å². The maximum Gasteiger partial charge on any atom is 0.334 e. The fraction of sp³-hybridized carbons (Fsp3) is 1.00. The van der Waals surface area contributed by atoms with Gasteiger partial charge in [0.2, 0.25) is 0 Å². The summed E-state index contributed by atoms with van der Waals surface area (Å²) < 4.78 is 15.4. The Labute approximate surface area is 109 Å². The van der Waals surface area contributed by atoms with Crippen molar-refractivity contribution in [3.05, 3.63) is 0 Å². The molecule has 0 spiro atoms. The van der Waals surface area contributed by atoms with E-state index in [0.29, 0.717) is 0 Å². The molecule has 0 saturated heterocycles. The number of alkyl halides is 1. The summed E-state index contributed by atoms with van der Waals surface area (Å²) in [4.78, 5) is 0. The van der Waals surface area contributed by atoms with Crippen LogP contribution in [-0.2, 0) is 13.3 Å². The lowest BCUT2D eigenvalue weighted by Gasteiger charge is -2.21. The normalized spacial score (nSPS) is 11.6. The molecule has 0 bridgehead atoms. The lowest BCUT2D eigenvalue weighted by atomic mass is 10.6. The highest BCUT2D eigenvalue weighted by atomic mass is 35.5. The van der Waals surface area contributed by atoms with Gasteiger partial charge in [-0.25, -0.2) is 0 Å². The monoisotopic (exact) mass is 286 g/mol. The molecule has 0 aromatic heterocycles. The van der Waals surface area contributed by atoms with Crippen LogP contribution in [0, 0.1) is 0 Å². The van der Waals surface area contributed by atoms with E-state index >= 15 is 0 Å². The summed E-state index contributed by atoms with van der Waals surface area (Å²) in [5, 5.41) is 0. The number of rotatable bonds is 8. The Hall–Kier alpha value is 0.604. The van der Waals surface area contributed by atoms with Gasteiger partial charge in [0.25, 0.3) is 0 Å². The third-order valence-electron chi connectivity index (χ3n) is 2.30. The summed E-state index contributed by atoms with van der Waals surface area (Å²) in [6, 6.07) is 2.31. The predicted molar refractivity (Wildman–Crippen MR) is 76.4 cm³/mol. The van der Waals surface area contributed by atoms with E-state index in [9.17, 15) is 0 Å². The van der Waals surface area contributed by atoms with Gasteiger partial charge in [0.05, 0.1) is 0 Å². The van der Waals surface area contributed by atoms with Crippen LogP contribution in [0.2, 0.25) is 18.6 Å². The molecule has 16 heavy (non-hydrogen) atoms. The molecular formula is C10H27ClO3Si2. The van der Waals surface area contributed by atoms with Gasteiger partial charge >= 0.3 is 8.56 Å². The first-order valence-electron chi connectivity index (χ1n) is 5.75. The van der Waals surface area contributed by atoms with Crippen LogP contribution in [-0.4, -0.2) is 45.5 Å². The summed E-state index contributed by atoms with van der Waals surface area (Å²) in [5.74, 6) is 0.788. The Morgan fingerprint density at radius 2 is 1.75 bits per heavy atom. The zero-order chi connectivity index (χ0) is 12.9. The van der Waals surface area contributed by atoms with Gasteiger partial charge in [-0.3, -0.25) is 0 Å². The molecule has 0 radical (unpaired) electrons. The average molecular weight is 287 g/mol. The van der Waals surface area contributed by atoms with Crippen LogP contribution in [0.15, 0.2) is 0 Å². The zero-order valence-electron chi connectivity index (χ0n) is 11.3. The van der Waals surface area contributed by atoms with Crippen LogP contribution in [0.1, 0.15) is 19.8 Å². The molecule has 0 aromatic rings. The van der Waals surface area contributed by atoms with E-state index < -0.39 is 8.56 Å². The van der Waals surface area contributed by atoms with Crippen molar-refractivity contribution in [2.24, 2.45) is 0 Å². The topological polar surface area (TPSA) is 27.7 Å². The van der Waals surface area contributed by atoms with Crippen LogP contribution >= 0.6 is 11.6 Å². The molecule has 0 rings (SSSR count). The molecule has 0 aromatic carbocycles. The highest BCUT2D eigenvalue weighted by Crippen LogP contribution is 2.12. The molecule has 0 amide bonds. The molecule has 0 fully saturated rings. The predicted octanol–water partition coefficient (Wildman–Crippen LogP) is 2.53. The van der Waals surface area contributed by atoms with E-state index in [1.54, 1.807) is 21.3 Å². The molecule has 0 aliphatic rings. The van der Waals surface area contributed by atoms with E-state index in [4.69, 9.17) is 24.9 Å². The van der Waals surface area contributed by atoms with Crippen molar-refractivity contribution in [1.29, 1.82) is 0 Å². The van der Waals surface area contributed by atoms with Crippen molar-refractivity contribution in [3.63, 3.8) is 0 Å². The average Bonchev–Trinajstić information content (AvgIpc) is 2.31. The highest BCUT2D eigenvalue weighted by molar-refractivity contribution is 6.65. The largest absolute Gasteiger partial charge is 0.427 e. The Bertz CT molecular complexity index is 131. The van der Waals surface area contributed by atoms with E-state index in [1.165, 1.54) is 6.04 Å². The van der Waals surface area contributed by atoms with Gasteiger partial charge in [0.15, 0.2) is 9.76 Å². The first-order chi connectivity index (χ1) is 7.60. The molecule has 0 aliphatic heterocycles. The molecule has 6 heteroatoms. The zero-order valence-corrected chi connectivity index (χ0v) is 14.5. The van der Waals surface area contributed by atoms with Crippen molar-refractivity contribution >= 4 is 29.9 Å². The molecule has 0 atom stereocenters. The highest BCUT2D eigenvalue weighted by Gasteiger charge is 2.26. The maximum absolute atomic E-state index is 5.40. The smallest absolute Gasteiger partial charge is 0.334 e. The van der Waals surface area contributed by atoms with E-state index in [2.05, 4.69) is 13.5 Å². The van der Waals surface area contributed by atoms with Crippen molar-refractivity contribution in [2.45, 2.75) is 38.4 Å². The van der Waals surface area contributed by atoms with Crippen LogP contribution in [0.25, 0.3) is 0 Å². The summed E-state index contributed by atoms with van der Waals surface area (Å²) in [6.07, 6.45) is 2.27. The standard InChI is InChI=1S/C6H16O2Si.C4H11ClOSi/c1-5-6-9(4,7-2)8-3;1-6-7-4-2-3-5/h5-6H2,1-4H3;2-4,7H2,1H3. The van der Waals surface area contributed by atoms with Crippen LogP contribution < -0.4 is 0 Å². The Morgan fingerprint density at radius 1 is 1.19 bits per heavy atom. The van der Waals surface area contributed by atoms with E-state index in [0.717, 1.165) is 24.8 Å². The van der Waals surface area contributed by atoms with E-state index in [-0.39, 0.29) is 9.76 Å². The Balaban J connectivity index is 0. The Kier molecular flexibility index (Phi) is 16.2. The third kappa shape index (κ3) is 12.7. The fourth-order valence-corrected chi connectivity index (χ4v) is 3.81. The van der Waals surface area contributed by atoms with Gasteiger partial charge in [-0.2, -0.15) is 0 Å². The van der Waals surface area contributed by atoms with Crippen LogP contribution in [0.3, 0.4) is 0 Å². The number of hydrogen-bond donors (Lipinski definition) is 0. The van der Waals surface area contributed by atoms with Gasteiger partial charge in [-0.1, -0.05) is 13.3 Å². The second kappa shape index (κ2) is 13.7. The van der Waals surface area contributed by atoms with Crippen molar-refractivity contribution in [1.82, 2.24) is 0 Å². The van der Waals surface area contributed by atoms with Gasteiger partial charge in [0, 0.05) is 27.2 Å². The minimum absolute atomic E-state index is 0.174. The molecule has 3 nitrogen and oxygen atoms in total. The van der Waals surface area contributed by atoms with Crippen LogP contribution in [0.4, 0.5) is 0 Å². The summed E-state index contributed by atoms with van der Waals surface area (Å²) in [6.45, 7) is 4.22. The van der Waals surface area contributed by atoms with Gasteiger partial charge in [0.1, 0.15) is 0 Å². The molecule has 0 unspecified atom stereocenters. The van der Waals surface area contributed by atoms with E-state index in [1.807, 2.05) is 0 Å². The summed E-state index contributed by atoms with van der Waals surface area (Å²) in [7, 11) is 3.35. The van der Waals surface area contributed by atoms with Crippen molar-refractivity contribution in [2.75, 3.05) is 27.2 Å². The lowest BCUT2D eigenvalue weighted by Crippen LogP contribution is -2.35. The minimum Gasteiger partial charge on any atom is -0.427 e. The second-order valence-electron chi connectivity index (χ2n) is 3.68. The summed E-state index contributed by atoms with van der Waals surface area (Å²) in [5.41, 5.74) is 0. The molecule has 0 saturated carbocycles. The van der Waals surface area contributed by atoms with Gasteiger partial charge in [-0.15, -0.1) is 11.6 Å². The van der Waals surface area contributed by atoms with Gasteiger partial charge in [-0.05, 0) is 25.1 Å². The molecule has 0 heterocycles. The lowest BCUT2D eigenvalue weighted by molar-refractivity contribution is 0.249. The molecule has 0 aliphatic carbocycles. The second-order valence-corrected chi connectivity index (χ2v) is 9.34. The minimum atomic E-state index is -1.70.